The fraction of sp³-hybridized carbons (Fsp3) is 0.273. The zero-order chi connectivity index (χ0) is 10.7. The van der Waals surface area contributed by atoms with Crippen molar-refractivity contribution in [3.05, 3.63) is 42.0 Å². The molecule has 0 aliphatic carbocycles. The van der Waals surface area contributed by atoms with E-state index in [-0.39, 0.29) is 6.61 Å². The summed E-state index contributed by atoms with van der Waals surface area (Å²) in [4.78, 5) is 4.13. The van der Waals surface area contributed by atoms with E-state index in [1.165, 1.54) is 0 Å². The molecule has 0 atom stereocenters. The molecule has 4 heteroatoms. The molecule has 0 aromatic carbocycles. The molecule has 2 heterocycles. The first-order valence-corrected chi connectivity index (χ1v) is 4.88. The number of aliphatic hydroxyl groups excluding tert-OH is 1. The van der Waals surface area contributed by atoms with Gasteiger partial charge in [0.2, 0.25) is 0 Å². The van der Waals surface area contributed by atoms with Crippen molar-refractivity contribution >= 4 is 0 Å². The number of nitrogens with zero attached hydrogens (tertiary/aromatic N) is 3. The minimum atomic E-state index is 0.135. The maximum atomic E-state index is 8.91. The Bertz CT molecular complexity index is 451. The zero-order valence-electron chi connectivity index (χ0n) is 8.59. The molecule has 1 N–H and O–H groups in total. The smallest absolute Gasteiger partial charge is 0.0682 e. The van der Waals surface area contributed by atoms with Gasteiger partial charge in [0.05, 0.1) is 5.69 Å². The molecule has 0 saturated carbocycles. The van der Waals surface area contributed by atoms with Gasteiger partial charge < -0.3 is 5.11 Å². The Morgan fingerprint density at radius 1 is 1.33 bits per heavy atom. The van der Waals surface area contributed by atoms with Crippen molar-refractivity contribution in [3.63, 3.8) is 0 Å². The van der Waals surface area contributed by atoms with Gasteiger partial charge in [-0.3, -0.25) is 4.98 Å². The van der Waals surface area contributed by atoms with Gasteiger partial charge in [0.1, 0.15) is 0 Å². The molecule has 0 unspecified atom stereocenters. The molecule has 0 aliphatic rings. The molecule has 78 valence electrons. The Morgan fingerprint density at radius 3 is 2.93 bits per heavy atom. The second-order valence-electron chi connectivity index (χ2n) is 3.36. The van der Waals surface area contributed by atoms with E-state index in [1.807, 2.05) is 29.8 Å². The summed E-state index contributed by atoms with van der Waals surface area (Å²) in [7, 11) is 0. The summed E-state index contributed by atoms with van der Waals surface area (Å²) in [5.41, 5.74) is 2.94. The molecule has 0 spiro atoms. The van der Waals surface area contributed by atoms with E-state index in [2.05, 4.69) is 10.1 Å². The highest BCUT2D eigenvalue weighted by molar-refractivity contribution is 5.32. The monoisotopic (exact) mass is 203 g/mol. The molecule has 0 saturated heterocycles. The van der Waals surface area contributed by atoms with E-state index in [4.69, 9.17) is 5.11 Å². The van der Waals surface area contributed by atoms with Crippen LogP contribution in [0.15, 0.2) is 30.6 Å². The predicted molar refractivity (Wildman–Crippen MR) is 56.9 cm³/mol. The van der Waals surface area contributed by atoms with Crippen LogP contribution in [-0.2, 0) is 6.42 Å². The van der Waals surface area contributed by atoms with Crippen LogP contribution in [0, 0.1) is 6.92 Å². The first kappa shape index (κ1) is 9.86. The SMILES string of the molecule is Cc1cc(-n2nccc2CCO)ccn1. The molecule has 2 rings (SSSR count). The van der Waals surface area contributed by atoms with Gasteiger partial charge in [0.25, 0.3) is 0 Å². The molecular formula is C11H13N3O. The topological polar surface area (TPSA) is 50.9 Å². The van der Waals surface area contributed by atoms with Gasteiger partial charge in [-0.25, -0.2) is 4.68 Å². The molecule has 0 radical (unpaired) electrons. The summed E-state index contributed by atoms with van der Waals surface area (Å²) < 4.78 is 1.82. The fourth-order valence-corrected chi connectivity index (χ4v) is 1.53. The molecule has 15 heavy (non-hydrogen) atoms. The Kier molecular flexibility index (Phi) is 2.78. The summed E-state index contributed by atoms with van der Waals surface area (Å²) in [5.74, 6) is 0. The van der Waals surface area contributed by atoms with Gasteiger partial charge in [-0.2, -0.15) is 5.10 Å². The average Bonchev–Trinajstić information content (AvgIpc) is 2.66. The molecule has 0 fully saturated rings. The number of rotatable bonds is 3. The van der Waals surface area contributed by atoms with Crippen LogP contribution in [0.5, 0.6) is 0 Å². The molecule has 0 aliphatic heterocycles. The lowest BCUT2D eigenvalue weighted by molar-refractivity contribution is 0.297. The normalized spacial score (nSPS) is 10.5. The first-order chi connectivity index (χ1) is 7.31. The van der Waals surface area contributed by atoms with Crippen molar-refractivity contribution < 1.29 is 5.11 Å². The van der Waals surface area contributed by atoms with Gasteiger partial charge >= 0.3 is 0 Å². The van der Waals surface area contributed by atoms with Crippen molar-refractivity contribution in [1.82, 2.24) is 14.8 Å². The quantitative estimate of drug-likeness (QED) is 0.813. The Hall–Kier alpha value is -1.68. The first-order valence-electron chi connectivity index (χ1n) is 4.88. The highest BCUT2D eigenvalue weighted by Crippen LogP contribution is 2.10. The third-order valence-electron chi connectivity index (χ3n) is 2.21. The van der Waals surface area contributed by atoms with E-state index in [1.54, 1.807) is 12.4 Å². The number of hydrogen-bond acceptors (Lipinski definition) is 3. The fourth-order valence-electron chi connectivity index (χ4n) is 1.53. The van der Waals surface area contributed by atoms with E-state index >= 15 is 0 Å². The largest absolute Gasteiger partial charge is 0.396 e. The number of aliphatic hydroxyl groups is 1. The van der Waals surface area contributed by atoms with Crippen molar-refractivity contribution in [2.24, 2.45) is 0 Å². The highest BCUT2D eigenvalue weighted by Gasteiger charge is 2.04. The molecular weight excluding hydrogens is 190 g/mol. The van der Waals surface area contributed by atoms with Crippen LogP contribution in [0.2, 0.25) is 0 Å². The Labute approximate surface area is 88.2 Å². The third-order valence-corrected chi connectivity index (χ3v) is 2.21. The van der Waals surface area contributed by atoms with Gasteiger partial charge in [-0.15, -0.1) is 0 Å². The maximum Gasteiger partial charge on any atom is 0.0682 e. The second-order valence-corrected chi connectivity index (χ2v) is 3.36. The van der Waals surface area contributed by atoms with E-state index in [0.717, 1.165) is 17.1 Å². The summed E-state index contributed by atoms with van der Waals surface area (Å²) in [6, 6.07) is 5.78. The average molecular weight is 203 g/mol. The van der Waals surface area contributed by atoms with Crippen molar-refractivity contribution in [2.45, 2.75) is 13.3 Å². The van der Waals surface area contributed by atoms with Crippen molar-refractivity contribution in [1.29, 1.82) is 0 Å². The second kappa shape index (κ2) is 4.23. The number of pyridine rings is 1. The number of aryl methyl sites for hydroxylation is 1. The third kappa shape index (κ3) is 2.05. The summed E-state index contributed by atoms with van der Waals surface area (Å²) in [5, 5.41) is 13.1. The predicted octanol–water partition coefficient (Wildman–Crippen LogP) is 1.11. The number of hydrogen-bond donors (Lipinski definition) is 1. The summed E-state index contributed by atoms with van der Waals surface area (Å²) >= 11 is 0. The molecule has 4 nitrogen and oxygen atoms in total. The van der Waals surface area contributed by atoms with Crippen LogP contribution in [0.1, 0.15) is 11.4 Å². The minimum absolute atomic E-state index is 0.135. The van der Waals surface area contributed by atoms with Crippen LogP contribution in [-0.4, -0.2) is 26.5 Å². The zero-order valence-corrected chi connectivity index (χ0v) is 8.59. The Balaban J connectivity index is 2.40. The molecule has 2 aromatic rings. The lowest BCUT2D eigenvalue weighted by atomic mass is 10.3. The Morgan fingerprint density at radius 2 is 2.20 bits per heavy atom. The van der Waals surface area contributed by atoms with E-state index < -0.39 is 0 Å². The maximum absolute atomic E-state index is 8.91. The van der Waals surface area contributed by atoms with E-state index in [9.17, 15) is 0 Å². The van der Waals surface area contributed by atoms with Crippen LogP contribution in [0.3, 0.4) is 0 Å². The van der Waals surface area contributed by atoms with Crippen LogP contribution < -0.4 is 0 Å². The molecule has 0 amide bonds. The summed E-state index contributed by atoms with van der Waals surface area (Å²) in [6.07, 6.45) is 4.11. The van der Waals surface area contributed by atoms with Crippen LogP contribution in [0.4, 0.5) is 0 Å². The van der Waals surface area contributed by atoms with Gasteiger partial charge in [0.15, 0.2) is 0 Å². The van der Waals surface area contributed by atoms with Gasteiger partial charge in [-0.1, -0.05) is 0 Å². The minimum Gasteiger partial charge on any atom is -0.396 e. The number of aromatic nitrogens is 3. The van der Waals surface area contributed by atoms with Crippen molar-refractivity contribution in [3.8, 4) is 5.69 Å². The standard InChI is InChI=1S/C11H13N3O/c1-9-8-11(2-5-12-9)14-10(4-7-15)3-6-13-14/h2-3,5-6,8,15H,4,7H2,1H3. The van der Waals surface area contributed by atoms with Crippen LogP contribution >= 0.6 is 0 Å². The van der Waals surface area contributed by atoms with E-state index in [0.29, 0.717) is 6.42 Å². The highest BCUT2D eigenvalue weighted by atomic mass is 16.3. The van der Waals surface area contributed by atoms with Gasteiger partial charge in [0, 0.05) is 36.8 Å². The lowest BCUT2D eigenvalue weighted by Gasteiger charge is -2.06. The molecule has 0 bridgehead atoms. The van der Waals surface area contributed by atoms with Crippen molar-refractivity contribution in [2.75, 3.05) is 6.61 Å². The summed E-state index contributed by atoms with van der Waals surface area (Å²) in [6.45, 7) is 2.08. The molecule has 2 aromatic heterocycles. The van der Waals surface area contributed by atoms with Gasteiger partial charge in [-0.05, 0) is 25.1 Å². The lowest BCUT2D eigenvalue weighted by Crippen LogP contribution is -2.04. The van der Waals surface area contributed by atoms with Crippen LogP contribution in [0.25, 0.3) is 5.69 Å².